The van der Waals surface area contributed by atoms with Gasteiger partial charge in [0, 0.05) is 52.5 Å². The molecule has 2 aliphatic heterocycles. The van der Waals surface area contributed by atoms with Crippen LogP contribution in [-0.4, -0.2) is 85.8 Å². The minimum absolute atomic E-state index is 0.105. The second kappa shape index (κ2) is 8.54. The molecule has 9 nitrogen and oxygen atoms in total. The average molecular weight is 454 g/mol. The van der Waals surface area contributed by atoms with Crippen LogP contribution in [-0.2, 0) is 21.8 Å². The molecule has 162 valence electrons. The summed E-state index contributed by atoms with van der Waals surface area (Å²) in [7, 11) is -2.29. The van der Waals surface area contributed by atoms with E-state index in [-0.39, 0.29) is 29.6 Å². The molecule has 11 heteroatoms. The fraction of sp³-hybridized carbons (Fsp3) is 0.474. The summed E-state index contributed by atoms with van der Waals surface area (Å²) in [4.78, 5) is 16.6. The molecule has 0 radical (unpaired) electrons. The van der Waals surface area contributed by atoms with Gasteiger partial charge in [-0.25, -0.2) is 8.42 Å². The Morgan fingerprint density at radius 3 is 2.40 bits per heavy atom. The van der Waals surface area contributed by atoms with E-state index < -0.39 is 10.0 Å². The summed E-state index contributed by atoms with van der Waals surface area (Å²) < 4.78 is 34.7. The Morgan fingerprint density at radius 1 is 1.07 bits per heavy atom. The molecule has 0 saturated carbocycles. The first-order chi connectivity index (χ1) is 14.4. The van der Waals surface area contributed by atoms with Gasteiger partial charge < -0.3 is 14.5 Å². The smallest absolute Gasteiger partial charge is 0.263 e. The van der Waals surface area contributed by atoms with Crippen molar-refractivity contribution < 1.29 is 17.9 Å². The molecule has 30 heavy (non-hydrogen) atoms. The van der Waals surface area contributed by atoms with E-state index in [0.29, 0.717) is 44.4 Å². The maximum absolute atomic E-state index is 13.3. The van der Waals surface area contributed by atoms with Gasteiger partial charge in [0.25, 0.3) is 15.9 Å². The standard InChI is InChI=1S/C19H24ClN5O4S/c1-22-14-15(19(26)24-10-12-29-13-11-24)18(21-22)30(27,28)25-8-6-23(7-9-25)17-5-3-2-4-16(17)20/h2-5,14H,6-13H2,1H3. The number of hydrogen-bond donors (Lipinski definition) is 0. The Bertz CT molecular complexity index is 1030. The van der Waals surface area contributed by atoms with Crippen LogP contribution in [0.15, 0.2) is 35.5 Å². The topological polar surface area (TPSA) is 88.0 Å². The first-order valence-corrected chi connectivity index (χ1v) is 11.6. The number of amides is 1. The number of halogens is 1. The summed E-state index contributed by atoms with van der Waals surface area (Å²) >= 11 is 6.27. The quantitative estimate of drug-likeness (QED) is 0.687. The van der Waals surface area contributed by atoms with Crippen molar-refractivity contribution in [1.82, 2.24) is 19.0 Å². The SMILES string of the molecule is Cn1cc(C(=O)N2CCOCC2)c(S(=O)(=O)N2CCN(c3ccccc3Cl)CC2)n1. The summed E-state index contributed by atoms with van der Waals surface area (Å²) in [5.74, 6) is -0.334. The zero-order chi connectivity index (χ0) is 21.3. The Hall–Kier alpha value is -2.14. The van der Waals surface area contributed by atoms with Crippen molar-refractivity contribution in [3.8, 4) is 0 Å². The highest BCUT2D eigenvalue weighted by molar-refractivity contribution is 7.89. The van der Waals surface area contributed by atoms with Crippen LogP contribution < -0.4 is 4.90 Å². The highest BCUT2D eigenvalue weighted by Gasteiger charge is 2.36. The predicted octanol–water partition coefficient (Wildman–Crippen LogP) is 1.06. The van der Waals surface area contributed by atoms with Crippen LogP contribution in [0, 0.1) is 0 Å². The summed E-state index contributed by atoms with van der Waals surface area (Å²) in [5.41, 5.74) is 0.991. The van der Waals surface area contributed by atoms with Crippen LogP contribution >= 0.6 is 11.6 Å². The number of carbonyl (C=O) groups is 1. The molecule has 0 atom stereocenters. The van der Waals surface area contributed by atoms with E-state index in [4.69, 9.17) is 16.3 Å². The van der Waals surface area contributed by atoms with Gasteiger partial charge in [-0.05, 0) is 12.1 Å². The highest BCUT2D eigenvalue weighted by atomic mass is 35.5. The lowest BCUT2D eigenvalue weighted by Gasteiger charge is -2.35. The van der Waals surface area contributed by atoms with Crippen molar-refractivity contribution in [3.63, 3.8) is 0 Å². The van der Waals surface area contributed by atoms with Gasteiger partial charge >= 0.3 is 0 Å². The van der Waals surface area contributed by atoms with Crippen molar-refractivity contribution >= 4 is 33.2 Å². The van der Waals surface area contributed by atoms with Gasteiger partial charge in [-0.3, -0.25) is 9.48 Å². The molecule has 2 aliphatic rings. The molecule has 2 saturated heterocycles. The molecule has 0 N–H and O–H groups in total. The van der Waals surface area contributed by atoms with Crippen LogP contribution in [0.4, 0.5) is 5.69 Å². The lowest BCUT2D eigenvalue weighted by molar-refractivity contribution is 0.0300. The van der Waals surface area contributed by atoms with E-state index in [0.717, 1.165) is 5.69 Å². The third kappa shape index (κ3) is 4.04. The predicted molar refractivity (Wildman–Crippen MR) is 112 cm³/mol. The van der Waals surface area contributed by atoms with E-state index >= 15 is 0 Å². The second-order valence-electron chi connectivity index (χ2n) is 7.27. The van der Waals surface area contributed by atoms with E-state index in [2.05, 4.69) is 10.00 Å². The molecule has 0 bridgehead atoms. The molecule has 4 rings (SSSR count). The third-order valence-corrected chi connectivity index (χ3v) is 7.49. The van der Waals surface area contributed by atoms with E-state index in [9.17, 15) is 13.2 Å². The molecule has 0 spiro atoms. The number of hydrogen-bond acceptors (Lipinski definition) is 6. The molecule has 3 heterocycles. The second-order valence-corrected chi connectivity index (χ2v) is 9.53. The Labute approximate surface area is 180 Å². The van der Waals surface area contributed by atoms with Gasteiger partial charge in [-0.1, -0.05) is 23.7 Å². The molecule has 0 aliphatic carbocycles. The van der Waals surface area contributed by atoms with Crippen molar-refractivity contribution in [2.75, 3.05) is 57.4 Å². The van der Waals surface area contributed by atoms with Crippen molar-refractivity contribution in [2.45, 2.75) is 5.03 Å². The number of aromatic nitrogens is 2. The van der Waals surface area contributed by atoms with E-state index in [1.165, 1.54) is 15.2 Å². The van der Waals surface area contributed by atoms with Gasteiger partial charge in [-0.2, -0.15) is 9.40 Å². The van der Waals surface area contributed by atoms with Crippen LogP contribution in [0.2, 0.25) is 5.02 Å². The maximum Gasteiger partial charge on any atom is 0.263 e. The van der Waals surface area contributed by atoms with Crippen LogP contribution in [0.5, 0.6) is 0 Å². The maximum atomic E-state index is 13.3. The number of piperazine rings is 1. The lowest BCUT2D eigenvalue weighted by Crippen LogP contribution is -2.49. The minimum atomic E-state index is -3.91. The van der Waals surface area contributed by atoms with Crippen LogP contribution in [0.3, 0.4) is 0 Å². The number of morpholine rings is 1. The van der Waals surface area contributed by atoms with Crippen LogP contribution in [0.25, 0.3) is 0 Å². The third-order valence-electron chi connectivity index (χ3n) is 5.34. The molecule has 1 aromatic heterocycles. The Kier molecular flexibility index (Phi) is 6.01. The number of benzene rings is 1. The molecule has 1 amide bonds. The Morgan fingerprint density at radius 2 is 1.73 bits per heavy atom. The normalized spacial score (nSPS) is 18.6. The number of carbonyl (C=O) groups excluding carboxylic acids is 1. The summed E-state index contributed by atoms with van der Waals surface area (Å²) in [6, 6.07) is 7.50. The highest BCUT2D eigenvalue weighted by Crippen LogP contribution is 2.28. The first-order valence-electron chi connectivity index (χ1n) is 9.78. The van der Waals surface area contributed by atoms with E-state index in [1.54, 1.807) is 11.9 Å². The van der Waals surface area contributed by atoms with Gasteiger partial charge in [0.1, 0.15) is 0 Å². The number of nitrogens with zero attached hydrogens (tertiary/aromatic N) is 5. The fourth-order valence-corrected chi connectivity index (χ4v) is 5.54. The number of anilines is 1. The van der Waals surface area contributed by atoms with Gasteiger partial charge in [0.05, 0.1) is 29.5 Å². The van der Waals surface area contributed by atoms with Crippen LogP contribution in [0.1, 0.15) is 10.4 Å². The molecular formula is C19H24ClN5O4S. The van der Waals surface area contributed by atoms with Crippen molar-refractivity contribution in [3.05, 3.63) is 41.0 Å². The van der Waals surface area contributed by atoms with Crippen molar-refractivity contribution in [1.29, 1.82) is 0 Å². The fourth-order valence-electron chi connectivity index (χ4n) is 3.74. The minimum Gasteiger partial charge on any atom is -0.378 e. The number of ether oxygens (including phenoxy) is 1. The van der Waals surface area contributed by atoms with E-state index in [1.807, 2.05) is 24.3 Å². The van der Waals surface area contributed by atoms with Gasteiger partial charge in [-0.15, -0.1) is 0 Å². The number of para-hydroxylation sites is 1. The lowest BCUT2D eigenvalue weighted by atomic mass is 10.2. The largest absolute Gasteiger partial charge is 0.378 e. The Balaban J connectivity index is 1.53. The summed E-state index contributed by atoms with van der Waals surface area (Å²) in [5, 5.41) is 4.59. The first kappa shape index (κ1) is 21.1. The molecule has 1 aromatic carbocycles. The summed E-state index contributed by atoms with van der Waals surface area (Å²) in [6.07, 6.45) is 1.48. The van der Waals surface area contributed by atoms with Gasteiger partial charge in [0.2, 0.25) is 5.03 Å². The molecule has 2 aromatic rings. The molecule has 0 unspecified atom stereocenters. The number of aryl methyl sites for hydroxylation is 1. The monoisotopic (exact) mass is 453 g/mol. The van der Waals surface area contributed by atoms with Crippen molar-refractivity contribution in [2.24, 2.45) is 7.05 Å². The summed E-state index contributed by atoms with van der Waals surface area (Å²) in [6.45, 7) is 3.33. The number of rotatable bonds is 4. The average Bonchev–Trinajstić information content (AvgIpc) is 3.17. The zero-order valence-corrected chi connectivity index (χ0v) is 18.3. The number of sulfonamides is 1. The molecular weight excluding hydrogens is 430 g/mol. The molecule has 2 fully saturated rings. The van der Waals surface area contributed by atoms with Gasteiger partial charge in [0.15, 0.2) is 0 Å². The zero-order valence-electron chi connectivity index (χ0n) is 16.7.